The maximum absolute atomic E-state index is 5.78. The molecule has 5 rings (SSSR count). The molecule has 0 N–H and O–H groups in total. The fourth-order valence-corrected chi connectivity index (χ4v) is 4.92. The van der Waals surface area contributed by atoms with E-state index in [1.165, 1.54) is 24.4 Å². The van der Waals surface area contributed by atoms with Crippen LogP contribution < -0.4 is 0 Å². The standard InChI is InChI=1S/C18H19N5OS/c1-2-5-13(6-3-1)16-19-17(24-21-16)18-8-4-7-14(18)9-23(12-18)10-15-11-25-22-20-15/h1-3,5-6,11,14H,4,7-10,12H2/t14-,18-/m1/s1. The van der Waals surface area contributed by atoms with Gasteiger partial charge < -0.3 is 4.52 Å². The Labute approximate surface area is 150 Å². The van der Waals surface area contributed by atoms with Gasteiger partial charge in [-0.05, 0) is 30.3 Å². The monoisotopic (exact) mass is 353 g/mol. The van der Waals surface area contributed by atoms with E-state index in [0.717, 1.165) is 43.2 Å². The molecule has 1 aliphatic carbocycles. The topological polar surface area (TPSA) is 67.9 Å². The lowest BCUT2D eigenvalue weighted by Crippen LogP contribution is -2.32. The molecule has 2 aliphatic rings. The summed E-state index contributed by atoms with van der Waals surface area (Å²) in [6.07, 6.45) is 3.59. The molecule has 1 saturated carbocycles. The van der Waals surface area contributed by atoms with Gasteiger partial charge in [-0.1, -0.05) is 46.4 Å². The van der Waals surface area contributed by atoms with Gasteiger partial charge in [-0.25, -0.2) is 0 Å². The summed E-state index contributed by atoms with van der Waals surface area (Å²) in [5.41, 5.74) is 2.06. The highest BCUT2D eigenvalue weighted by Crippen LogP contribution is 2.50. The smallest absolute Gasteiger partial charge is 0.234 e. The first-order chi connectivity index (χ1) is 12.3. The molecule has 1 aromatic carbocycles. The maximum atomic E-state index is 5.78. The minimum atomic E-state index is 0.00345. The molecular weight excluding hydrogens is 334 g/mol. The highest BCUT2D eigenvalue weighted by molar-refractivity contribution is 7.03. The predicted octanol–water partition coefficient (Wildman–Crippen LogP) is 3.14. The number of hydrogen-bond donors (Lipinski definition) is 0. The number of rotatable bonds is 4. The second-order valence-corrected chi connectivity index (χ2v) is 7.71. The molecule has 0 bridgehead atoms. The highest BCUT2D eigenvalue weighted by atomic mass is 32.1. The van der Waals surface area contributed by atoms with Crippen LogP contribution in [-0.4, -0.2) is 37.7 Å². The van der Waals surface area contributed by atoms with E-state index in [1.54, 1.807) is 0 Å². The van der Waals surface area contributed by atoms with Crippen molar-refractivity contribution >= 4 is 11.5 Å². The molecule has 1 aliphatic heterocycles. The number of nitrogens with zero attached hydrogens (tertiary/aromatic N) is 5. The zero-order chi connectivity index (χ0) is 16.7. The van der Waals surface area contributed by atoms with Gasteiger partial charge in [0.05, 0.1) is 11.1 Å². The second-order valence-electron chi connectivity index (χ2n) is 7.10. The van der Waals surface area contributed by atoms with Crippen molar-refractivity contribution in [3.8, 4) is 11.4 Å². The van der Waals surface area contributed by atoms with Crippen molar-refractivity contribution in [3.63, 3.8) is 0 Å². The van der Waals surface area contributed by atoms with Crippen LogP contribution in [0.2, 0.25) is 0 Å². The zero-order valence-corrected chi connectivity index (χ0v) is 14.7. The van der Waals surface area contributed by atoms with E-state index < -0.39 is 0 Å². The Bertz CT molecular complexity index is 850. The predicted molar refractivity (Wildman–Crippen MR) is 93.9 cm³/mol. The normalized spacial score (nSPS) is 26.2. The van der Waals surface area contributed by atoms with Gasteiger partial charge in [0.2, 0.25) is 11.7 Å². The number of benzene rings is 1. The molecule has 6 nitrogen and oxygen atoms in total. The Hall–Kier alpha value is -2.12. The van der Waals surface area contributed by atoms with Gasteiger partial charge in [-0.3, -0.25) is 4.90 Å². The molecule has 25 heavy (non-hydrogen) atoms. The lowest BCUT2D eigenvalue weighted by Gasteiger charge is -2.24. The third-order valence-electron chi connectivity index (χ3n) is 5.62. The van der Waals surface area contributed by atoms with E-state index in [-0.39, 0.29) is 5.41 Å². The van der Waals surface area contributed by atoms with Crippen LogP contribution in [0.5, 0.6) is 0 Å². The molecule has 0 radical (unpaired) electrons. The Morgan fingerprint density at radius 1 is 1.28 bits per heavy atom. The van der Waals surface area contributed by atoms with Crippen molar-refractivity contribution in [3.05, 3.63) is 47.3 Å². The summed E-state index contributed by atoms with van der Waals surface area (Å²) in [5, 5.41) is 10.5. The molecule has 128 valence electrons. The van der Waals surface area contributed by atoms with Crippen LogP contribution in [0.15, 0.2) is 40.2 Å². The molecule has 1 saturated heterocycles. The number of hydrogen-bond acceptors (Lipinski definition) is 7. The summed E-state index contributed by atoms with van der Waals surface area (Å²) in [5.74, 6) is 2.09. The van der Waals surface area contributed by atoms with Crippen molar-refractivity contribution in [2.24, 2.45) is 5.92 Å². The third-order valence-corrected chi connectivity index (χ3v) is 6.17. The van der Waals surface area contributed by atoms with E-state index in [1.807, 2.05) is 35.7 Å². The average Bonchev–Trinajstić information content (AvgIpc) is 3.39. The fourth-order valence-electron chi connectivity index (χ4n) is 4.48. The van der Waals surface area contributed by atoms with Gasteiger partial charge in [-0.15, -0.1) is 5.10 Å². The lowest BCUT2D eigenvalue weighted by molar-refractivity contribution is 0.244. The van der Waals surface area contributed by atoms with Gasteiger partial charge in [0, 0.05) is 30.6 Å². The first-order valence-electron chi connectivity index (χ1n) is 8.71. The second kappa shape index (κ2) is 6.00. The van der Waals surface area contributed by atoms with Crippen molar-refractivity contribution < 1.29 is 4.52 Å². The Balaban J connectivity index is 1.42. The first kappa shape index (κ1) is 15.2. The van der Waals surface area contributed by atoms with E-state index in [9.17, 15) is 0 Å². The highest BCUT2D eigenvalue weighted by Gasteiger charge is 2.54. The Morgan fingerprint density at radius 2 is 2.20 bits per heavy atom. The lowest BCUT2D eigenvalue weighted by atomic mass is 9.80. The molecule has 2 atom stereocenters. The van der Waals surface area contributed by atoms with Crippen molar-refractivity contribution in [2.75, 3.05) is 13.1 Å². The summed E-state index contributed by atoms with van der Waals surface area (Å²) in [6.45, 7) is 2.89. The first-order valence-corrected chi connectivity index (χ1v) is 9.55. The van der Waals surface area contributed by atoms with Crippen molar-refractivity contribution in [1.82, 2.24) is 24.6 Å². The molecule has 0 spiro atoms. The van der Waals surface area contributed by atoms with Gasteiger partial charge in [0.25, 0.3) is 0 Å². The van der Waals surface area contributed by atoms with Crippen LogP contribution in [0, 0.1) is 5.92 Å². The molecule has 3 aromatic rings. The molecule has 0 unspecified atom stereocenters. The van der Waals surface area contributed by atoms with E-state index in [2.05, 4.69) is 19.6 Å². The molecule has 2 fully saturated rings. The number of fused-ring (bicyclic) bond motifs is 1. The quantitative estimate of drug-likeness (QED) is 0.718. The molecular formula is C18H19N5OS. The SMILES string of the molecule is c1ccc(-c2noc([C@@]34CCC[C@@H]3CN(Cc3csnn3)C4)n2)cc1. The molecule has 0 amide bonds. The summed E-state index contributed by atoms with van der Waals surface area (Å²) >= 11 is 1.41. The largest absolute Gasteiger partial charge is 0.338 e. The van der Waals surface area contributed by atoms with Crippen LogP contribution in [-0.2, 0) is 12.0 Å². The third kappa shape index (κ3) is 2.58. The van der Waals surface area contributed by atoms with Crippen molar-refractivity contribution in [2.45, 2.75) is 31.2 Å². The number of likely N-dealkylation sites (tertiary alicyclic amines) is 1. The number of aromatic nitrogens is 4. The summed E-state index contributed by atoms with van der Waals surface area (Å²) in [6, 6.07) is 10.0. The van der Waals surface area contributed by atoms with Gasteiger partial charge in [-0.2, -0.15) is 4.98 Å². The van der Waals surface area contributed by atoms with Crippen LogP contribution in [0.4, 0.5) is 0 Å². The van der Waals surface area contributed by atoms with Crippen LogP contribution in [0.3, 0.4) is 0 Å². The van der Waals surface area contributed by atoms with E-state index in [4.69, 9.17) is 9.51 Å². The van der Waals surface area contributed by atoms with Crippen LogP contribution in [0.1, 0.15) is 30.8 Å². The van der Waals surface area contributed by atoms with Crippen LogP contribution in [0.25, 0.3) is 11.4 Å². The van der Waals surface area contributed by atoms with Crippen molar-refractivity contribution in [1.29, 1.82) is 0 Å². The molecule has 3 heterocycles. The van der Waals surface area contributed by atoms with Gasteiger partial charge >= 0.3 is 0 Å². The Kier molecular flexibility index (Phi) is 3.64. The zero-order valence-electron chi connectivity index (χ0n) is 13.8. The van der Waals surface area contributed by atoms with Gasteiger partial charge in [0.15, 0.2) is 0 Å². The summed E-state index contributed by atoms with van der Waals surface area (Å²) in [4.78, 5) is 7.26. The molecule has 2 aromatic heterocycles. The fraction of sp³-hybridized carbons (Fsp3) is 0.444. The molecule has 7 heteroatoms. The summed E-state index contributed by atoms with van der Waals surface area (Å²) < 4.78 is 9.75. The minimum absolute atomic E-state index is 0.00345. The maximum Gasteiger partial charge on any atom is 0.234 e. The van der Waals surface area contributed by atoms with E-state index in [0.29, 0.717) is 11.7 Å². The summed E-state index contributed by atoms with van der Waals surface area (Å²) in [7, 11) is 0. The van der Waals surface area contributed by atoms with Gasteiger partial charge in [0.1, 0.15) is 0 Å². The van der Waals surface area contributed by atoms with E-state index >= 15 is 0 Å². The average molecular weight is 353 g/mol. The Morgan fingerprint density at radius 3 is 3.04 bits per heavy atom. The van der Waals surface area contributed by atoms with Crippen LogP contribution >= 0.6 is 11.5 Å². The minimum Gasteiger partial charge on any atom is -0.338 e.